The van der Waals surface area contributed by atoms with E-state index >= 15 is 0 Å². The number of methoxy groups -OCH3 is 1. The predicted molar refractivity (Wildman–Crippen MR) is 54.4 cm³/mol. The van der Waals surface area contributed by atoms with Crippen LogP contribution in [0.1, 0.15) is 12.8 Å². The van der Waals surface area contributed by atoms with Gasteiger partial charge in [0.25, 0.3) is 0 Å². The average Bonchev–Trinajstić information content (AvgIpc) is 3.00. The molecule has 1 aromatic carbocycles. The minimum atomic E-state index is 0.757. The van der Waals surface area contributed by atoms with Crippen molar-refractivity contribution in [3.05, 3.63) is 24.3 Å². The number of hydrogen-bond donors (Lipinski definition) is 0. The van der Waals surface area contributed by atoms with Gasteiger partial charge in [-0.15, -0.1) is 0 Å². The highest BCUT2D eigenvalue weighted by molar-refractivity contribution is 5.51. The molecule has 0 heterocycles. The summed E-state index contributed by atoms with van der Waals surface area (Å²) in [5.41, 5.74) is 1.25. The molecule has 13 heavy (non-hydrogen) atoms. The molecule has 0 radical (unpaired) electrons. The summed E-state index contributed by atoms with van der Waals surface area (Å²) in [7, 11) is 3.85. The number of hydrogen-bond acceptors (Lipinski definition) is 2. The third-order valence-electron chi connectivity index (χ3n) is 2.56. The topological polar surface area (TPSA) is 12.5 Å². The maximum atomic E-state index is 5.18. The van der Waals surface area contributed by atoms with E-state index in [9.17, 15) is 0 Å². The van der Waals surface area contributed by atoms with Gasteiger partial charge < -0.3 is 9.64 Å². The van der Waals surface area contributed by atoms with E-state index in [0.29, 0.717) is 0 Å². The summed E-state index contributed by atoms with van der Waals surface area (Å²) in [4.78, 5) is 2.32. The highest BCUT2D eigenvalue weighted by atomic mass is 16.5. The van der Waals surface area contributed by atoms with Crippen LogP contribution in [0.4, 0.5) is 5.69 Å². The van der Waals surface area contributed by atoms with Gasteiger partial charge in [-0.25, -0.2) is 0 Å². The summed E-state index contributed by atoms with van der Waals surface area (Å²) in [5, 5.41) is 0. The highest BCUT2D eigenvalue weighted by Crippen LogP contribution is 2.31. The fourth-order valence-corrected chi connectivity index (χ4v) is 1.50. The minimum absolute atomic E-state index is 0.757. The summed E-state index contributed by atoms with van der Waals surface area (Å²) in [6.07, 6.45) is 2.65. The molecule has 1 aliphatic carbocycles. The lowest BCUT2D eigenvalue weighted by molar-refractivity contribution is 0.415. The smallest absolute Gasteiger partial charge is 0.120 e. The Hall–Kier alpha value is -1.18. The van der Waals surface area contributed by atoms with Gasteiger partial charge in [0.1, 0.15) is 5.75 Å². The lowest BCUT2D eigenvalue weighted by Crippen LogP contribution is -2.19. The predicted octanol–water partition coefficient (Wildman–Crippen LogP) is 2.29. The Balaban J connectivity index is 2.18. The molecule has 0 aliphatic heterocycles. The molecule has 0 bridgehead atoms. The van der Waals surface area contributed by atoms with Gasteiger partial charge in [-0.3, -0.25) is 0 Å². The summed E-state index contributed by atoms with van der Waals surface area (Å²) >= 11 is 0. The van der Waals surface area contributed by atoms with Gasteiger partial charge in [0, 0.05) is 24.8 Å². The monoisotopic (exact) mass is 177 g/mol. The molecule has 0 N–H and O–H groups in total. The average molecular weight is 177 g/mol. The summed E-state index contributed by atoms with van der Waals surface area (Å²) in [6.45, 7) is 0. The van der Waals surface area contributed by atoms with Crippen LogP contribution >= 0.6 is 0 Å². The third kappa shape index (κ3) is 1.77. The van der Waals surface area contributed by atoms with Crippen LogP contribution in [0.15, 0.2) is 24.3 Å². The van der Waals surface area contributed by atoms with Gasteiger partial charge in [-0.1, -0.05) is 6.07 Å². The summed E-state index contributed by atoms with van der Waals surface area (Å²) in [6, 6.07) is 8.98. The second kappa shape index (κ2) is 3.29. The molecular formula is C11H15NO. The van der Waals surface area contributed by atoms with Crippen molar-refractivity contribution in [3.63, 3.8) is 0 Å². The van der Waals surface area contributed by atoms with Crippen molar-refractivity contribution in [1.82, 2.24) is 0 Å². The van der Waals surface area contributed by atoms with E-state index in [1.807, 2.05) is 12.1 Å². The number of benzene rings is 1. The third-order valence-corrected chi connectivity index (χ3v) is 2.56. The molecule has 0 atom stereocenters. The molecule has 2 rings (SSSR count). The van der Waals surface area contributed by atoms with Crippen molar-refractivity contribution in [1.29, 1.82) is 0 Å². The van der Waals surface area contributed by atoms with E-state index in [0.717, 1.165) is 11.8 Å². The SMILES string of the molecule is COc1cccc(N(C)C2CC2)c1. The molecule has 2 nitrogen and oxygen atoms in total. The van der Waals surface area contributed by atoms with E-state index in [1.54, 1.807) is 7.11 Å². The van der Waals surface area contributed by atoms with Crippen molar-refractivity contribution in [2.45, 2.75) is 18.9 Å². The van der Waals surface area contributed by atoms with Crippen molar-refractivity contribution < 1.29 is 4.74 Å². The maximum absolute atomic E-state index is 5.18. The van der Waals surface area contributed by atoms with Gasteiger partial charge in [0.2, 0.25) is 0 Å². The molecular weight excluding hydrogens is 162 g/mol. The van der Waals surface area contributed by atoms with Crippen molar-refractivity contribution in [2.75, 3.05) is 19.1 Å². The fraction of sp³-hybridized carbons (Fsp3) is 0.455. The highest BCUT2D eigenvalue weighted by Gasteiger charge is 2.26. The number of rotatable bonds is 3. The molecule has 1 aromatic rings. The molecule has 1 saturated carbocycles. The van der Waals surface area contributed by atoms with E-state index < -0.39 is 0 Å². The fourth-order valence-electron chi connectivity index (χ4n) is 1.50. The lowest BCUT2D eigenvalue weighted by Gasteiger charge is -2.18. The zero-order valence-electron chi connectivity index (χ0n) is 8.16. The van der Waals surface area contributed by atoms with E-state index in [4.69, 9.17) is 4.74 Å². The van der Waals surface area contributed by atoms with Crippen molar-refractivity contribution in [3.8, 4) is 5.75 Å². The van der Waals surface area contributed by atoms with Gasteiger partial charge >= 0.3 is 0 Å². The van der Waals surface area contributed by atoms with Crippen LogP contribution in [0.25, 0.3) is 0 Å². The Kier molecular flexibility index (Phi) is 2.13. The first kappa shape index (κ1) is 8.42. The number of ether oxygens (including phenoxy) is 1. The number of anilines is 1. The summed E-state index contributed by atoms with van der Waals surface area (Å²) in [5.74, 6) is 0.935. The molecule has 2 heteroatoms. The van der Waals surface area contributed by atoms with Crippen LogP contribution in [0.5, 0.6) is 5.75 Å². The van der Waals surface area contributed by atoms with Crippen LogP contribution in [0.3, 0.4) is 0 Å². The summed E-state index contributed by atoms with van der Waals surface area (Å²) < 4.78 is 5.18. The standard InChI is InChI=1S/C11H15NO/c1-12(9-6-7-9)10-4-3-5-11(8-10)13-2/h3-5,8-9H,6-7H2,1-2H3. The Bertz CT molecular complexity index is 294. The Labute approximate surface area is 79.1 Å². The Morgan fingerprint density at radius 3 is 2.77 bits per heavy atom. The normalized spacial score (nSPS) is 15.5. The molecule has 0 saturated heterocycles. The molecule has 0 aromatic heterocycles. The van der Waals surface area contributed by atoms with Gasteiger partial charge in [-0.05, 0) is 25.0 Å². The molecule has 1 aliphatic rings. The molecule has 0 unspecified atom stereocenters. The van der Waals surface area contributed by atoms with Crippen molar-refractivity contribution >= 4 is 5.69 Å². The Morgan fingerprint density at radius 1 is 1.38 bits per heavy atom. The van der Waals surface area contributed by atoms with Crippen LogP contribution in [0.2, 0.25) is 0 Å². The quantitative estimate of drug-likeness (QED) is 0.702. The first-order valence-electron chi connectivity index (χ1n) is 4.68. The van der Waals surface area contributed by atoms with Crippen LogP contribution in [-0.4, -0.2) is 20.2 Å². The van der Waals surface area contributed by atoms with E-state index in [-0.39, 0.29) is 0 Å². The minimum Gasteiger partial charge on any atom is -0.497 e. The van der Waals surface area contributed by atoms with Crippen LogP contribution in [0, 0.1) is 0 Å². The van der Waals surface area contributed by atoms with Crippen LogP contribution in [-0.2, 0) is 0 Å². The molecule has 0 amide bonds. The zero-order valence-corrected chi connectivity index (χ0v) is 8.16. The van der Waals surface area contributed by atoms with E-state index in [1.165, 1.54) is 18.5 Å². The molecule has 1 fully saturated rings. The van der Waals surface area contributed by atoms with E-state index in [2.05, 4.69) is 24.1 Å². The zero-order chi connectivity index (χ0) is 9.26. The second-order valence-electron chi connectivity index (χ2n) is 3.54. The first-order chi connectivity index (χ1) is 6.31. The Morgan fingerprint density at radius 2 is 2.15 bits per heavy atom. The molecule has 0 spiro atoms. The van der Waals surface area contributed by atoms with Gasteiger partial charge in [0.05, 0.1) is 7.11 Å². The number of nitrogens with zero attached hydrogens (tertiary/aromatic N) is 1. The van der Waals surface area contributed by atoms with Gasteiger partial charge in [-0.2, -0.15) is 0 Å². The largest absolute Gasteiger partial charge is 0.497 e. The van der Waals surface area contributed by atoms with Gasteiger partial charge in [0.15, 0.2) is 0 Å². The molecule has 70 valence electrons. The first-order valence-corrected chi connectivity index (χ1v) is 4.68. The second-order valence-corrected chi connectivity index (χ2v) is 3.54. The van der Waals surface area contributed by atoms with Crippen molar-refractivity contribution in [2.24, 2.45) is 0 Å². The van der Waals surface area contributed by atoms with Crippen LogP contribution < -0.4 is 9.64 Å². The lowest BCUT2D eigenvalue weighted by atomic mass is 10.3. The maximum Gasteiger partial charge on any atom is 0.120 e.